The molecule has 0 aliphatic heterocycles. The van der Waals surface area contributed by atoms with E-state index in [0.29, 0.717) is 31.2 Å². The SMILES string of the molecule is COCCOc1ccc(NC(=O)NC(Cc2ccc(C)cc2)c2ccccn2)cn1. The molecule has 3 rings (SSSR count). The van der Waals surface area contributed by atoms with Gasteiger partial charge in [0.05, 0.1) is 30.2 Å². The molecule has 2 aromatic heterocycles. The topological polar surface area (TPSA) is 85.4 Å². The molecule has 0 spiro atoms. The zero-order chi connectivity index (χ0) is 21.2. The molecular weight excluding hydrogens is 380 g/mol. The average Bonchev–Trinajstić information content (AvgIpc) is 2.77. The highest BCUT2D eigenvalue weighted by Gasteiger charge is 2.17. The molecule has 0 bridgehead atoms. The number of pyridine rings is 2. The molecule has 1 unspecified atom stereocenters. The Morgan fingerprint density at radius 1 is 1.03 bits per heavy atom. The van der Waals surface area contributed by atoms with E-state index in [1.807, 2.05) is 25.1 Å². The third-order valence-corrected chi connectivity index (χ3v) is 4.44. The van der Waals surface area contributed by atoms with E-state index in [2.05, 4.69) is 44.9 Å². The number of carbonyl (C=O) groups excluding carboxylic acids is 1. The van der Waals surface area contributed by atoms with Crippen molar-refractivity contribution in [2.75, 3.05) is 25.6 Å². The number of nitrogens with zero attached hydrogens (tertiary/aromatic N) is 2. The van der Waals surface area contributed by atoms with Gasteiger partial charge in [0.15, 0.2) is 0 Å². The molecule has 7 heteroatoms. The molecule has 0 fully saturated rings. The van der Waals surface area contributed by atoms with Crippen molar-refractivity contribution in [2.45, 2.75) is 19.4 Å². The number of carbonyl (C=O) groups is 1. The van der Waals surface area contributed by atoms with Crippen LogP contribution >= 0.6 is 0 Å². The number of anilines is 1. The Bertz CT molecular complexity index is 915. The molecule has 156 valence electrons. The summed E-state index contributed by atoms with van der Waals surface area (Å²) in [5, 5.41) is 5.82. The smallest absolute Gasteiger partial charge is 0.319 e. The van der Waals surface area contributed by atoms with Gasteiger partial charge < -0.3 is 20.1 Å². The maximum absolute atomic E-state index is 12.6. The van der Waals surface area contributed by atoms with Gasteiger partial charge in [0, 0.05) is 19.4 Å². The number of rotatable bonds is 9. The van der Waals surface area contributed by atoms with Crippen LogP contribution in [0.2, 0.25) is 0 Å². The van der Waals surface area contributed by atoms with E-state index >= 15 is 0 Å². The predicted molar refractivity (Wildman–Crippen MR) is 116 cm³/mol. The highest BCUT2D eigenvalue weighted by Crippen LogP contribution is 2.18. The van der Waals surface area contributed by atoms with Crippen LogP contribution < -0.4 is 15.4 Å². The first-order chi connectivity index (χ1) is 14.6. The Labute approximate surface area is 176 Å². The van der Waals surface area contributed by atoms with Crippen LogP contribution in [-0.4, -0.2) is 36.3 Å². The summed E-state index contributed by atoms with van der Waals surface area (Å²) >= 11 is 0. The Balaban J connectivity index is 1.63. The molecule has 2 heterocycles. The van der Waals surface area contributed by atoms with Crippen LogP contribution in [0, 0.1) is 6.92 Å². The Hall–Kier alpha value is -3.45. The molecule has 0 radical (unpaired) electrons. The number of aromatic nitrogens is 2. The summed E-state index contributed by atoms with van der Waals surface area (Å²) in [6.45, 7) is 2.95. The summed E-state index contributed by atoms with van der Waals surface area (Å²) in [4.78, 5) is 21.2. The minimum Gasteiger partial charge on any atom is -0.475 e. The van der Waals surface area contributed by atoms with Crippen molar-refractivity contribution >= 4 is 11.7 Å². The number of methoxy groups -OCH3 is 1. The molecule has 1 atom stereocenters. The zero-order valence-electron chi connectivity index (χ0n) is 17.2. The minimum absolute atomic E-state index is 0.265. The number of aryl methyl sites for hydroxylation is 1. The second kappa shape index (κ2) is 10.9. The minimum atomic E-state index is -0.326. The lowest BCUT2D eigenvalue weighted by atomic mass is 10.0. The fourth-order valence-corrected chi connectivity index (χ4v) is 2.87. The monoisotopic (exact) mass is 406 g/mol. The van der Waals surface area contributed by atoms with Gasteiger partial charge in [-0.2, -0.15) is 0 Å². The van der Waals surface area contributed by atoms with Gasteiger partial charge in [0.25, 0.3) is 0 Å². The number of urea groups is 1. The van der Waals surface area contributed by atoms with Crippen LogP contribution in [-0.2, 0) is 11.2 Å². The van der Waals surface area contributed by atoms with E-state index in [0.717, 1.165) is 11.3 Å². The number of hydrogen-bond acceptors (Lipinski definition) is 5. The van der Waals surface area contributed by atoms with Gasteiger partial charge in [0.2, 0.25) is 5.88 Å². The second-order valence-electron chi connectivity index (χ2n) is 6.82. The molecule has 0 saturated carbocycles. The van der Waals surface area contributed by atoms with Gasteiger partial charge in [-0.3, -0.25) is 4.98 Å². The van der Waals surface area contributed by atoms with Crippen molar-refractivity contribution in [2.24, 2.45) is 0 Å². The molecule has 7 nitrogen and oxygen atoms in total. The fraction of sp³-hybridized carbons (Fsp3) is 0.261. The number of nitrogens with one attached hydrogen (secondary N) is 2. The lowest BCUT2D eigenvalue weighted by Gasteiger charge is -2.19. The summed E-state index contributed by atoms with van der Waals surface area (Å²) in [6, 6.07) is 16.8. The van der Waals surface area contributed by atoms with Gasteiger partial charge in [-0.05, 0) is 37.1 Å². The molecule has 2 amide bonds. The van der Waals surface area contributed by atoms with E-state index in [1.54, 1.807) is 31.6 Å². The van der Waals surface area contributed by atoms with E-state index < -0.39 is 0 Å². The fourth-order valence-electron chi connectivity index (χ4n) is 2.87. The van der Waals surface area contributed by atoms with E-state index in [4.69, 9.17) is 9.47 Å². The lowest BCUT2D eigenvalue weighted by Crippen LogP contribution is -2.34. The van der Waals surface area contributed by atoms with Crippen LogP contribution in [0.1, 0.15) is 22.9 Å². The van der Waals surface area contributed by atoms with Crippen molar-refractivity contribution < 1.29 is 14.3 Å². The zero-order valence-corrected chi connectivity index (χ0v) is 17.2. The largest absolute Gasteiger partial charge is 0.475 e. The third-order valence-electron chi connectivity index (χ3n) is 4.44. The van der Waals surface area contributed by atoms with Gasteiger partial charge in [0.1, 0.15) is 6.61 Å². The molecule has 0 saturated heterocycles. The highest BCUT2D eigenvalue weighted by atomic mass is 16.5. The maximum Gasteiger partial charge on any atom is 0.319 e. The molecule has 30 heavy (non-hydrogen) atoms. The van der Waals surface area contributed by atoms with Crippen LogP contribution in [0.4, 0.5) is 10.5 Å². The summed E-state index contributed by atoms with van der Waals surface area (Å²) in [5.74, 6) is 0.476. The van der Waals surface area contributed by atoms with Crippen LogP contribution in [0.5, 0.6) is 5.88 Å². The van der Waals surface area contributed by atoms with E-state index in [-0.39, 0.29) is 12.1 Å². The van der Waals surface area contributed by atoms with E-state index in [1.165, 1.54) is 5.56 Å². The summed E-state index contributed by atoms with van der Waals surface area (Å²) in [6.07, 6.45) is 3.91. The van der Waals surface area contributed by atoms with Gasteiger partial charge in [-0.15, -0.1) is 0 Å². The van der Waals surface area contributed by atoms with Crippen molar-refractivity contribution in [3.63, 3.8) is 0 Å². The summed E-state index contributed by atoms with van der Waals surface area (Å²) in [5.41, 5.74) is 3.69. The quantitative estimate of drug-likeness (QED) is 0.526. The Morgan fingerprint density at radius 3 is 2.53 bits per heavy atom. The first kappa shape index (κ1) is 21.3. The van der Waals surface area contributed by atoms with Crippen LogP contribution in [0.25, 0.3) is 0 Å². The van der Waals surface area contributed by atoms with Gasteiger partial charge >= 0.3 is 6.03 Å². The summed E-state index contributed by atoms with van der Waals surface area (Å²) in [7, 11) is 1.61. The van der Waals surface area contributed by atoms with Gasteiger partial charge in [-0.25, -0.2) is 9.78 Å². The Kier molecular flexibility index (Phi) is 7.74. The van der Waals surface area contributed by atoms with Crippen molar-refractivity contribution in [1.82, 2.24) is 15.3 Å². The second-order valence-corrected chi connectivity index (χ2v) is 6.82. The van der Waals surface area contributed by atoms with Crippen LogP contribution in [0.15, 0.2) is 67.0 Å². The number of hydrogen-bond donors (Lipinski definition) is 2. The number of benzene rings is 1. The standard InChI is InChI=1S/C23H26N4O3/c1-17-6-8-18(9-7-17)15-21(20-5-3-4-12-24-20)27-23(28)26-19-10-11-22(25-16-19)30-14-13-29-2/h3-12,16,21H,13-15H2,1-2H3,(H2,26,27,28). The average molecular weight is 406 g/mol. The predicted octanol–water partition coefficient (Wildman–Crippen LogP) is 3.92. The molecule has 2 N–H and O–H groups in total. The van der Waals surface area contributed by atoms with Gasteiger partial charge in [-0.1, -0.05) is 35.9 Å². The highest BCUT2D eigenvalue weighted by molar-refractivity contribution is 5.89. The lowest BCUT2D eigenvalue weighted by molar-refractivity contribution is 0.144. The number of ether oxygens (including phenoxy) is 2. The first-order valence-corrected chi connectivity index (χ1v) is 9.76. The number of amides is 2. The molecule has 0 aliphatic carbocycles. The Morgan fingerprint density at radius 2 is 1.87 bits per heavy atom. The van der Waals surface area contributed by atoms with Crippen LogP contribution in [0.3, 0.4) is 0 Å². The van der Waals surface area contributed by atoms with Crippen molar-refractivity contribution in [3.8, 4) is 5.88 Å². The molecular formula is C23H26N4O3. The molecule has 1 aromatic carbocycles. The van der Waals surface area contributed by atoms with E-state index in [9.17, 15) is 4.79 Å². The first-order valence-electron chi connectivity index (χ1n) is 9.76. The van der Waals surface area contributed by atoms with Crippen molar-refractivity contribution in [3.05, 3.63) is 83.8 Å². The normalized spacial score (nSPS) is 11.5. The maximum atomic E-state index is 12.6. The summed E-state index contributed by atoms with van der Waals surface area (Å²) < 4.78 is 10.4. The third kappa shape index (κ3) is 6.56. The molecule has 3 aromatic rings. The van der Waals surface area contributed by atoms with Crippen molar-refractivity contribution in [1.29, 1.82) is 0 Å². The molecule has 0 aliphatic rings.